The molecule has 2 heteroatoms. The zero-order valence-electron chi connectivity index (χ0n) is 8.84. The third-order valence-electron chi connectivity index (χ3n) is 2.05. The molecule has 0 aromatic heterocycles. The van der Waals surface area contributed by atoms with Crippen LogP contribution in [0.2, 0.25) is 0 Å². The SMILES string of the molecule is CCCC(=O)NCc1cccc(C)c1. The van der Waals surface area contributed by atoms with E-state index in [9.17, 15) is 4.79 Å². The minimum Gasteiger partial charge on any atom is -0.352 e. The maximum atomic E-state index is 11.2. The molecule has 1 N–H and O–H groups in total. The predicted molar refractivity (Wildman–Crippen MR) is 57.9 cm³/mol. The normalized spacial score (nSPS) is 9.86. The summed E-state index contributed by atoms with van der Waals surface area (Å²) < 4.78 is 0. The van der Waals surface area contributed by atoms with Gasteiger partial charge in [-0.25, -0.2) is 0 Å². The van der Waals surface area contributed by atoms with E-state index in [-0.39, 0.29) is 5.91 Å². The Morgan fingerprint density at radius 3 is 2.86 bits per heavy atom. The Morgan fingerprint density at radius 1 is 1.43 bits per heavy atom. The van der Waals surface area contributed by atoms with Gasteiger partial charge in [-0.05, 0) is 18.9 Å². The Morgan fingerprint density at radius 2 is 2.21 bits per heavy atom. The van der Waals surface area contributed by atoms with Gasteiger partial charge in [0, 0.05) is 13.0 Å². The maximum absolute atomic E-state index is 11.2. The first-order valence-electron chi connectivity index (χ1n) is 5.04. The van der Waals surface area contributed by atoms with Crippen molar-refractivity contribution in [2.75, 3.05) is 0 Å². The number of carbonyl (C=O) groups is 1. The lowest BCUT2D eigenvalue weighted by Gasteiger charge is -2.04. The summed E-state index contributed by atoms with van der Waals surface area (Å²) in [5.74, 6) is 0.133. The molecule has 14 heavy (non-hydrogen) atoms. The average Bonchev–Trinajstić information content (AvgIpc) is 2.15. The van der Waals surface area contributed by atoms with Crippen molar-refractivity contribution in [3.63, 3.8) is 0 Å². The predicted octanol–water partition coefficient (Wildman–Crippen LogP) is 2.41. The molecule has 0 saturated heterocycles. The molecule has 1 aromatic carbocycles. The van der Waals surface area contributed by atoms with E-state index in [4.69, 9.17) is 0 Å². The Kier molecular flexibility index (Phi) is 4.17. The van der Waals surface area contributed by atoms with Crippen molar-refractivity contribution in [1.29, 1.82) is 0 Å². The lowest BCUT2D eigenvalue weighted by Crippen LogP contribution is -2.22. The Bertz CT molecular complexity index is 307. The Balaban J connectivity index is 2.41. The molecule has 0 aliphatic rings. The second-order valence-corrected chi connectivity index (χ2v) is 3.52. The summed E-state index contributed by atoms with van der Waals surface area (Å²) in [5.41, 5.74) is 2.39. The van der Waals surface area contributed by atoms with Crippen LogP contribution < -0.4 is 5.32 Å². The Hall–Kier alpha value is -1.31. The molecule has 0 bridgehead atoms. The van der Waals surface area contributed by atoms with Crippen molar-refractivity contribution >= 4 is 5.91 Å². The van der Waals surface area contributed by atoms with Crippen molar-refractivity contribution in [2.24, 2.45) is 0 Å². The van der Waals surface area contributed by atoms with Crippen LogP contribution in [0.4, 0.5) is 0 Å². The van der Waals surface area contributed by atoms with Crippen LogP contribution >= 0.6 is 0 Å². The van der Waals surface area contributed by atoms with Crippen LogP contribution in [0, 0.1) is 6.92 Å². The fourth-order valence-corrected chi connectivity index (χ4v) is 1.34. The second-order valence-electron chi connectivity index (χ2n) is 3.52. The molecule has 1 aromatic rings. The zero-order chi connectivity index (χ0) is 10.4. The topological polar surface area (TPSA) is 29.1 Å². The summed E-state index contributed by atoms with van der Waals surface area (Å²) in [6, 6.07) is 8.18. The minimum absolute atomic E-state index is 0.133. The molecular weight excluding hydrogens is 174 g/mol. The summed E-state index contributed by atoms with van der Waals surface area (Å²) in [6.07, 6.45) is 1.52. The van der Waals surface area contributed by atoms with E-state index < -0.39 is 0 Å². The van der Waals surface area contributed by atoms with Crippen LogP contribution in [0.25, 0.3) is 0 Å². The van der Waals surface area contributed by atoms with Gasteiger partial charge in [0.15, 0.2) is 0 Å². The molecule has 76 valence electrons. The van der Waals surface area contributed by atoms with Gasteiger partial charge < -0.3 is 5.32 Å². The summed E-state index contributed by atoms with van der Waals surface area (Å²) >= 11 is 0. The number of nitrogens with one attached hydrogen (secondary N) is 1. The average molecular weight is 191 g/mol. The number of hydrogen-bond acceptors (Lipinski definition) is 1. The smallest absolute Gasteiger partial charge is 0.220 e. The molecule has 0 saturated carbocycles. The first-order chi connectivity index (χ1) is 6.72. The van der Waals surface area contributed by atoms with Gasteiger partial charge in [0.2, 0.25) is 5.91 Å². The van der Waals surface area contributed by atoms with Gasteiger partial charge in [-0.1, -0.05) is 36.8 Å². The van der Waals surface area contributed by atoms with Crippen molar-refractivity contribution in [1.82, 2.24) is 5.32 Å². The van der Waals surface area contributed by atoms with Crippen LogP contribution in [-0.4, -0.2) is 5.91 Å². The van der Waals surface area contributed by atoms with E-state index in [1.165, 1.54) is 5.56 Å². The molecule has 0 heterocycles. The quantitative estimate of drug-likeness (QED) is 0.778. The minimum atomic E-state index is 0.133. The Labute approximate surface area is 85.3 Å². The van der Waals surface area contributed by atoms with Crippen molar-refractivity contribution in [2.45, 2.75) is 33.2 Å². The van der Waals surface area contributed by atoms with Gasteiger partial charge in [-0.3, -0.25) is 4.79 Å². The van der Waals surface area contributed by atoms with Crippen LogP contribution in [0.5, 0.6) is 0 Å². The molecule has 0 aliphatic carbocycles. The highest BCUT2D eigenvalue weighted by molar-refractivity contribution is 5.75. The fourth-order valence-electron chi connectivity index (χ4n) is 1.34. The molecule has 2 nitrogen and oxygen atoms in total. The van der Waals surface area contributed by atoms with E-state index in [0.29, 0.717) is 13.0 Å². The zero-order valence-corrected chi connectivity index (χ0v) is 8.84. The van der Waals surface area contributed by atoms with E-state index in [1.807, 2.05) is 19.1 Å². The van der Waals surface area contributed by atoms with E-state index in [0.717, 1.165) is 12.0 Å². The van der Waals surface area contributed by atoms with Crippen molar-refractivity contribution in [3.05, 3.63) is 35.4 Å². The van der Waals surface area contributed by atoms with Crippen LogP contribution in [-0.2, 0) is 11.3 Å². The summed E-state index contributed by atoms with van der Waals surface area (Å²) in [5, 5.41) is 2.89. The number of rotatable bonds is 4. The molecule has 0 aliphatic heterocycles. The molecule has 0 atom stereocenters. The molecule has 0 spiro atoms. The van der Waals surface area contributed by atoms with Gasteiger partial charge in [-0.2, -0.15) is 0 Å². The molecule has 0 fully saturated rings. The lowest BCUT2D eigenvalue weighted by atomic mass is 10.1. The summed E-state index contributed by atoms with van der Waals surface area (Å²) in [4.78, 5) is 11.2. The highest BCUT2D eigenvalue weighted by Crippen LogP contribution is 2.03. The number of aryl methyl sites for hydroxylation is 1. The van der Waals surface area contributed by atoms with Gasteiger partial charge >= 0.3 is 0 Å². The standard InChI is InChI=1S/C12H17NO/c1-3-5-12(14)13-9-11-7-4-6-10(2)8-11/h4,6-8H,3,5,9H2,1-2H3,(H,13,14). The molecule has 0 radical (unpaired) electrons. The first kappa shape index (κ1) is 10.8. The van der Waals surface area contributed by atoms with Gasteiger partial charge in [-0.15, -0.1) is 0 Å². The molecule has 1 amide bonds. The third kappa shape index (κ3) is 3.60. The number of benzene rings is 1. The maximum Gasteiger partial charge on any atom is 0.220 e. The summed E-state index contributed by atoms with van der Waals surface area (Å²) in [6.45, 7) is 4.70. The highest BCUT2D eigenvalue weighted by atomic mass is 16.1. The molecule has 1 rings (SSSR count). The number of amides is 1. The van der Waals surface area contributed by atoms with Crippen LogP contribution in [0.3, 0.4) is 0 Å². The first-order valence-corrected chi connectivity index (χ1v) is 5.04. The monoisotopic (exact) mass is 191 g/mol. The van der Waals surface area contributed by atoms with Crippen molar-refractivity contribution < 1.29 is 4.79 Å². The van der Waals surface area contributed by atoms with Crippen LogP contribution in [0.15, 0.2) is 24.3 Å². The fraction of sp³-hybridized carbons (Fsp3) is 0.417. The van der Waals surface area contributed by atoms with Crippen molar-refractivity contribution in [3.8, 4) is 0 Å². The number of carbonyl (C=O) groups excluding carboxylic acids is 1. The van der Waals surface area contributed by atoms with E-state index >= 15 is 0 Å². The molecular formula is C12H17NO. The highest BCUT2D eigenvalue weighted by Gasteiger charge is 1.98. The molecule has 0 unspecified atom stereocenters. The van der Waals surface area contributed by atoms with E-state index in [1.54, 1.807) is 0 Å². The van der Waals surface area contributed by atoms with Gasteiger partial charge in [0.25, 0.3) is 0 Å². The second kappa shape index (κ2) is 5.43. The lowest BCUT2D eigenvalue weighted by molar-refractivity contribution is -0.121. The number of hydrogen-bond donors (Lipinski definition) is 1. The third-order valence-corrected chi connectivity index (χ3v) is 2.05. The van der Waals surface area contributed by atoms with E-state index in [2.05, 4.69) is 24.4 Å². The van der Waals surface area contributed by atoms with Gasteiger partial charge in [0.1, 0.15) is 0 Å². The van der Waals surface area contributed by atoms with Crippen LogP contribution in [0.1, 0.15) is 30.9 Å². The van der Waals surface area contributed by atoms with Gasteiger partial charge in [0.05, 0.1) is 0 Å². The largest absolute Gasteiger partial charge is 0.352 e. The summed E-state index contributed by atoms with van der Waals surface area (Å²) in [7, 11) is 0.